The van der Waals surface area contributed by atoms with Gasteiger partial charge in [0.25, 0.3) is 10.1 Å². The minimum absolute atomic E-state index is 0. The summed E-state index contributed by atoms with van der Waals surface area (Å²) in [6, 6.07) is 4.32. The predicted octanol–water partition coefficient (Wildman–Crippen LogP) is 0.183. The standard InChI is InChI=1S/C13H17NO6S.Ac/c1-8-9(4-3-5-11(8)16)13-14-10(7-19-13)12(6-15)20-21(2,17)18;/h3-5,10,12,15-16H,6-7H2,1-2H3;. The molecular formula is C13H17AcNO6S. The van der Waals surface area contributed by atoms with Gasteiger partial charge in [-0.1, -0.05) is 6.07 Å². The molecule has 22 heavy (non-hydrogen) atoms. The average molecular weight is 542 g/mol. The van der Waals surface area contributed by atoms with Crippen LogP contribution in [-0.4, -0.2) is 56.1 Å². The van der Waals surface area contributed by atoms with Crippen molar-refractivity contribution in [1.29, 1.82) is 0 Å². The van der Waals surface area contributed by atoms with Crippen LogP contribution in [0.3, 0.4) is 0 Å². The third-order valence-corrected chi connectivity index (χ3v) is 3.71. The number of aromatic hydroxyl groups is 1. The Kier molecular flexibility index (Phi) is 7.28. The van der Waals surface area contributed by atoms with Gasteiger partial charge < -0.3 is 14.9 Å². The Labute approximate surface area is 165 Å². The van der Waals surface area contributed by atoms with Gasteiger partial charge in [-0.15, -0.1) is 0 Å². The molecule has 0 aliphatic carbocycles. The number of ether oxygens (including phenoxy) is 1. The zero-order valence-corrected chi connectivity index (χ0v) is 17.8. The minimum Gasteiger partial charge on any atom is -0.508 e. The third kappa shape index (κ3) is 4.90. The van der Waals surface area contributed by atoms with Crippen molar-refractivity contribution in [3.63, 3.8) is 0 Å². The zero-order chi connectivity index (χ0) is 15.6. The van der Waals surface area contributed by atoms with Gasteiger partial charge in [-0.2, -0.15) is 8.42 Å². The Bertz CT molecular complexity index is 660. The summed E-state index contributed by atoms with van der Waals surface area (Å²) < 4.78 is 32.5. The molecule has 0 fully saturated rings. The summed E-state index contributed by atoms with van der Waals surface area (Å²) in [4.78, 5) is 4.25. The van der Waals surface area contributed by atoms with Crippen molar-refractivity contribution in [2.45, 2.75) is 19.1 Å². The molecule has 2 N–H and O–H groups in total. The SMILES string of the molecule is Cc1c(O)cccc1C1=NC(C(CO)OS(C)(=O)=O)CO1.[Ac]. The number of phenolic OH excluding ortho intramolecular Hbond substituents is 1. The van der Waals surface area contributed by atoms with Gasteiger partial charge in [0.2, 0.25) is 5.90 Å². The van der Waals surface area contributed by atoms with Crippen molar-refractivity contribution in [3.05, 3.63) is 29.3 Å². The second-order valence-electron chi connectivity index (χ2n) is 4.78. The van der Waals surface area contributed by atoms with Crippen LogP contribution in [0.1, 0.15) is 11.1 Å². The number of aliphatic hydroxyl groups is 1. The number of hydrogen-bond donors (Lipinski definition) is 2. The van der Waals surface area contributed by atoms with Gasteiger partial charge in [0.1, 0.15) is 24.5 Å². The van der Waals surface area contributed by atoms with Crippen molar-refractivity contribution in [1.82, 2.24) is 0 Å². The van der Waals surface area contributed by atoms with E-state index in [0.717, 1.165) is 6.26 Å². The largest absolute Gasteiger partial charge is 0.508 e. The van der Waals surface area contributed by atoms with Crippen LogP contribution in [0.25, 0.3) is 0 Å². The van der Waals surface area contributed by atoms with E-state index in [0.29, 0.717) is 17.0 Å². The van der Waals surface area contributed by atoms with Crippen LogP contribution >= 0.6 is 0 Å². The normalized spacial score (nSPS) is 19.0. The molecule has 0 amide bonds. The Balaban J connectivity index is 0.00000242. The number of benzene rings is 1. The van der Waals surface area contributed by atoms with Crippen molar-refractivity contribution in [3.8, 4) is 5.75 Å². The summed E-state index contributed by atoms with van der Waals surface area (Å²) in [5, 5.41) is 18.9. The van der Waals surface area contributed by atoms with Gasteiger partial charge in [0, 0.05) is 55.2 Å². The van der Waals surface area contributed by atoms with Crippen LogP contribution < -0.4 is 0 Å². The molecule has 1 heterocycles. The van der Waals surface area contributed by atoms with E-state index < -0.39 is 28.9 Å². The van der Waals surface area contributed by atoms with E-state index in [4.69, 9.17) is 8.92 Å². The molecule has 2 unspecified atom stereocenters. The Morgan fingerprint density at radius 2 is 2.18 bits per heavy atom. The molecule has 1 aliphatic heterocycles. The molecule has 1 aromatic rings. The summed E-state index contributed by atoms with van der Waals surface area (Å²) in [5.41, 5.74) is 1.23. The summed E-state index contributed by atoms with van der Waals surface area (Å²) in [7, 11) is -3.69. The van der Waals surface area contributed by atoms with Crippen LogP contribution in [0.5, 0.6) is 5.75 Å². The van der Waals surface area contributed by atoms with E-state index in [1.807, 2.05) is 0 Å². The molecule has 1 aromatic carbocycles. The first-order valence-electron chi connectivity index (χ1n) is 6.30. The van der Waals surface area contributed by atoms with E-state index >= 15 is 0 Å². The van der Waals surface area contributed by atoms with Crippen LogP contribution in [-0.2, 0) is 19.0 Å². The van der Waals surface area contributed by atoms with Crippen molar-refractivity contribution >= 4 is 16.0 Å². The zero-order valence-electron chi connectivity index (χ0n) is 12.3. The molecule has 0 spiro atoms. The smallest absolute Gasteiger partial charge is 0.264 e. The van der Waals surface area contributed by atoms with Gasteiger partial charge in [0.15, 0.2) is 0 Å². The van der Waals surface area contributed by atoms with Gasteiger partial charge in [-0.3, -0.25) is 4.18 Å². The van der Waals surface area contributed by atoms with E-state index in [1.54, 1.807) is 25.1 Å². The summed E-state index contributed by atoms with van der Waals surface area (Å²) in [6.45, 7) is 1.34. The summed E-state index contributed by atoms with van der Waals surface area (Å²) in [5.74, 6) is 0.414. The molecule has 1 aliphatic rings. The van der Waals surface area contributed by atoms with E-state index in [-0.39, 0.29) is 56.4 Å². The molecule has 2 atom stereocenters. The minimum atomic E-state index is -3.69. The topological polar surface area (TPSA) is 105 Å². The Hall–Kier alpha value is -0.198. The molecule has 2 rings (SSSR count). The molecule has 0 aromatic heterocycles. The number of aliphatic imine (C=N–C) groups is 1. The fourth-order valence-corrected chi connectivity index (χ4v) is 2.66. The molecule has 119 valence electrons. The summed E-state index contributed by atoms with van der Waals surface area (Å²) in [6.07, 6.45) is -0.0785. The quantitative estimate of drug-likeness (QED) is 0.515. The van der Waals surface area contributed by atoms with Crippen molar-refractivity contribution in [2.75, 3.05) is 19.5 Å². The van der Waals surface area contributed by atoms with Crippen LogP contribution in [0.15, 0.2) is 23.2 Å². The van der Waals surface area contributed by atoms with Gasteiger partial charge in [-0.05, 0) is 19.1 Å². The number of nitrogens with zero attached hydrogens (tertiary/aromatic N) is 1. The maximum atomic E-state index is 11.2. The second kappa shape index (κ2) is 8.06. The molecule has 7 nitrogen and oxygen atoms in total. The third-order valence-electron chi connectivity index (χ3n) is 3.12. The molecule has 9 heteroatoms. The van der Waals surface area contributed by atoms with E-state index in [9.17, 15) is 18.6 Å². The maximum absolute atomic E-state index is 11.2. The van der Waals surface area contributed by atoms with Crippen LogP contribution in [0.2, 0.25) is 0 Å². The predicted molar refractivity (Wildman–Crippen MR) is 75.9 cm³/mol. The van der Waals surface area contributed by atoms with E-state index in [1.165, 1.54) is 0 Å². The Morgan fingerprint density at radius 3 is 2.77 bits per heavy atom. The first-order valence-corrected chi connectivity index (χ1v) is 8.12. The van der Waals surface area contributed by atoms with E-state index in [2.05, 4.69) is 4.99 Å². The summed E-state index contributed by atoms with van der Waals surface area (Å²) >= 11 is 0. The van der Waals surface area contributed by atoms with Crippen LogP contribution in [0, 0.1) is 51.0 Å². The molecule has 0 bridgehead atoms. The van der Waals surface area contributed by atoms with Crippen molar-refractivity contribution < 1.29 is 71.6 Å². The number of hydrogen-bond acceptors (Lipinski definition) is 7. The number of aliphatic hydroxyl groups excluding tert-OH is 1. The fraction of sp³-hybridized carbons (Fsp3) is 0.462. The average Bonchev–Trinajstić information content (AvgIpc) is 2.87. The fourth-order valence-electron chi connectivity index (χ4n) is 2.02. The second-order valence-corrected chi connectivity index (χ2v) is 6.38. The Morgan fingerprint density at radius 1 is 1.50 bits per heavy atom. The maximum Gasteiger partial charge on any atom is 0.264 e. The molecule has 1 radical (unpaired) electrons. The monoisotopic (exact) mass is 542 g/mol. The first-order chi connectivity index (χ1) is 9.81. The molecule has 0 saturated heterocycles. The van der Waals surface area contributed by atoms with Crippen LogP contribution in [0.4, 0.5) is 0 Å². The van der Waals surface area contributed by atoms with Gasteiger partial charge >= 0.3 is 0 Å². The molecule has 0 saturated carbocycles. The van der Waals surface area contributed by atoms with Gasteiger partial charge in [0.05, 0.1) is 12.9 Å². The van der Waals surface area contributed by atoms with Gasteiger partial charge in [-0.25, -0.2) is 4.99 Å². The van der Waals surface area contributed by atoms with Crippen molar-refractivity contribution in [2.24, 2.45) is 4.99 Å². The first kappa shape index (κ1) is 19.8. The number of phenols is 1. The molecular weight excluding hydrogens is 525 g/mol. The number of rotatable bonds is 5.